The zero-order valence-corrected chi connectivity index (χ0v) is 32.4. The molecule has 0 radical (unpaired) electrons. The number of hydrogen-bond donors (Lipinski definition) is 5. The number of fused-ring (bicyclic) bond motifs is 1. The molecular formula is C29H31N5O16S5. The highest BCUT2D eigenvalue weighted by Crippen LogP contribution is 2.48. The second-order valence-electron chi connectivity index (χ2n) is 10.7. The van der Waals surface area contributed by atoms with E-state index < -0.39 is 47.2 Å². The first kappa shape index (κ1) is 43.7. The van der Waals surface area contributed by atoms with Crippen molar-refractivity contribution >= 4 is 93.4 Å². The lowest BCUT2D eigenvalue weighted by Gasteiger charge is -2.14. The van der Waals surface area contributed by atoms with E-state index in [-0.39, 0.29) is 84.3 Å². The number of methoxy groups -OCH3 is 1. The average molecular weight is 866 g/mol. The maximum absolute atomic E-state index is 12.9. The molecule has 0 aliphatic carbocycles. The van der Waals surface area contributed by atoms with Crippen LogP contribution in [0.25, 0.3) is 10.8 Å². The molecule has 0 heterocycles. The molecule has 0 amide bonds. The highest BCUT2D eigenvalue weighted by atomic mass is 32.2. The normalized spacial score (nSPS) is 12.6. The standard InChI is InChI=1S/C29H31N5O16S5/c1-3-12-53(38,39)19-6-4-5-18(14-19)31-33-27-22-16-26(51-49-47-36)28(29(35)21(22)8-9-23(27)30-17-55(42,43)44)34-32-24-15-20(7-10-25(24)45-2)54(40,41)13-11-46-52-50-48-37/h4-10,14-16,30,35-37H,3,11-13,17H2,1-2H3,(H,42,43,44). The van der Waals surface area contributed by atoms with Crippen LogP contribution in [0.1, 0.15) is 13.3 Å². The Bertz CT molecular complexity index is 2380. The van der Waals surface area contributed by atoms with E-state index in [0.29, 0.717) is 18.5 Å². The summed E-state index contributed by atoms with van der Waals surface area (Å²) in [7, 11) is -10.9. The summed E-state index contributed by atoms with van der Waals surface area (Å²) >= 11 is 0.543. The summed E-state index contributed by atoms with van der Waals surface area (Å²) < 4.78 is 103. The number of rotatable bonds is 21. The zero-order valence-electron chi connectivity index (χ0n) is 28.3. The van der Waals surface area contributed by atoms with Crippen LogP contribution in [0.5, 0.6) is 11.5 Å². The molecule has 0 spiro atoms. The molecule has 0 saturated carbocycles. The van der Waals surface area contributed by atoms with Crippen molar-refractivity contribution < 1.29 is 73.1 Å². The minimum absolute atomic E-state index is 0.00584. The van der Waals surface area contributed by atoms with Gasteiger partial charge >= 0.3 is 0 Å². The van der Waals surface area contributed by atoms with Gasteiger partial charge in [0.05, 0.1) is 63.3 Å². The Balaban J connectivity index is 1.84. The molecule has 4 rings (SSSR count). The molecule has 5 N–H and O–H groups in total. The molecule has 4 aromatic carbocycles. The number of nitrogens with one attached hydrogen (secondary N) is 1. The third-order valence-electron chi connectivity index (χ3n) is 7.03. The predicted molar refractivity (Wildman–Crippen MR) is 197 cm³/mol. The Hall–Kier alpha value is -4.03. The quantitative estimate of drug-likeness (QED) is 0.0140. The molecular weight excluding hydrogens is 835 g/mol. The lowest BCUT2D eigenvalue weighted by atomic mass is 10.1. The lowest BCUT2D eigenvalue weighted by molar-refractivity contribution is -0.434. The van der Waals surface area contributed by atoms with Crippen LogP contribution < -0.4 is 10.1 Å². The third kappa shape index (κ3) is 12.0. The fourth-order valence-corrected chi connectivity index (χ4v) is 8.25. The molecule has 0 unspecified atom stereocenters. The van der Waals surface area contributed by atoms with Crippen molar-refractivity contribution in [3.63, 3.8) is 0 Å². The fourth-order valence-electron chi connectivity index (χ4n) is 4.64. The highest BCUT2D eigenvalue weighted by Gasteiger charge is 2.22. The van der Waals surface area contributed by atoms with Crippen LogP contribution in [0.15, 0.2) is 95.8 Å². The van der Waals surface area contributed by atoms with Crippen LogP contribution in [0, 0.1) is 0 Å². The number of sulfone groups is 2. The van der Waals surface area contributed by atoms with Crippen molar-refractivity contribution in [3.05, 3.63) is 60.7 Å². The molecule has 0 aliphatic heterocycles. The van der Waals surface area contributed by atoms with Gasteiger partial charge in [-0.2, -0.15) is 13.5 Å². The predicted octanol–water partition coefficient (Wildman–Crippen LogP) is 7.03. The summed E-state index contributed by atoms with van der Waals surface area (Å²) in [5, 5.41) is 54.9. The lowest BCUT2D eigenvalue weighted by Crippen LogP contribution is -2.13. The molecule has 0 fully saturated rings. The van der Waals surface area contributed by atoms with E-state index >= 15 is 0 Å². The summed E-state index contributed by atoms with van der Waals surface area (Å²) in [6.45, 7) is 1.35. The van der Waals surface area contributed by atoms with Gasteiger partial charge in [-0.05, 0) is 61.0 Å². The SMILES string of the molecule is CCCS(=O)(=O)c1cccc(N=Nc2c(NCS(=O)(=O)O)ccc3c(O)c(N=Nc4cc(S(=O)(=O)CCOSOOO)ccc4OC)c(SOOO)cc23)c1. The molecule has 26 heteroatoms. The van der Waals surface area contributed by atoms with Gasteiger partial charge in [0.2, 0.25) is 0 Å². The van der Waals surface area contributed by atoms with Crippen molar-refractivity contribution in [3.8, 4) is 11.5 Å². The number of anilines is 1. The van der Waals surface area contributed by atoms with Gasteiger partial charge in [-0.3, -0.25) is 8.74 Å². The number of hydrogen-bond acceptors (Lipinski definition) is 22. The summed E-state index contributed by atoms with van der Waals surface area (Å²) in [5.41, 5.74) is -0.407. The maximum Gasteiger partial charge on any atom is 0.283 e. The van der Waals surface area contributed by atoms with E-state index in [0.717, 1.165) is 6.07 Å². The summed E-state index contributed by atoms with van der Waals surface area (Å²) in [6, 6.07) is 13.3. The summed E-state index contributed by atoms with van der Waals surface area (Å²) in [6.07, 6.45) is 0.376. The topological polar surface area (TPSA) is 300 Å². The second-order valence-corrected chi connectivity index (χ2v) is 17.6. The van der Waals surface area contributed by atoms with Crippen molar-refractivity contribution in [2.24, 2.45) is 20.5 Å². The van der Waals surface area contributed by atoms with E-state index in [2.05, 4.69) is 44.5 Å². The van der Waals surface area contributed by atoms with Gasteiger partial charge in [-0.1, -0.05) is 23.1 Å². The summed E-state index contributed by atoms with van der Waals surface area (Å²) in [5.74, 6) is -2.07. The number of aromatic hydroxyl groups is 1. The monoisotopic (exact) mass is 865 g/mol. The number of azo groups is 2. The fraction of sp³-hybridized carbons (Fsp3) is 0.241. The third-order valence-corrected chi connectivity index (χ3v) is 12.1. The molecule has 55 heavy (non-hydrogen) atoms. The van der Waals surface area contributed by atoms with Crippen molar-refractivity contribution in [1.82, 2.24) is 0 Å². The molecule has 0 atom stereocenters. The van der Waals surface area contributed by atoms with Crippen molar-refractivity contribution in [2.75, 3.05) is 36.4 Å². The van der Waals surface area contributed by atoms with E-state index in [4.69, 9.17) is 19.4 Å². The first-order chi connectivity index (χ1) is 26.1. The van der Waals surface area contributed by atoms with Crippen molar-refractivity contribution in [2.45, 2.75) is 28.0 Å². The molecule has 21 nitrogen and oxygen atoms in total. The zero-order chi connectivity index (χ0) is 40.2. The Morgan fingerprint density at radius 2 is 1.49 bits per heavy atom. The first-order valence-corrected chi connectivity index (χ1v) is 21.5. The Morgan fingerprint density at radius 3 is 2.18 bits per heavy atom. The van der Waals surface area contributed by atoms with Crippen molar-refractivity contribution in [1.29, 1.82) is 0 Å². The molecule has 0 aliphatic rings. The number of benzene rings is 4. The van der Waals surface area contributed by atoms with Gasteiger partial charge in [0.25, 0.3) is 10.1 Å². The number of phenols is 1. The average Bonchev–Trinajstić information content (AvgIpc) is 3.14. The van der Waals surface area contributed by atoms with Crippen LogP contribution in [-0.4, -0.2) is 76.5 Å². The van der Waals surface area contributed by atoms with E-state index in [1.807, 2.05) is 0 Å². The largest absolute Gasteiger partial charge is 0.505 e. The van der Waals surface area contributed by atoms with Crippen LogP contribution >= 0.6 is 24.4 Å². The summed E-state index contributed by atoms with van der Waals surface area (Å²) in [4.78, 5) is -0.308. The Morgan fingerprint density at radius 1 is 0.782 bits per heavy atom. The number of ether oxygens (including phenoxy) is 1. The van der Waals surface area contributed by atoms with E-state index in [1.54, 1.807) is 6.92 Å². The van der Waals surface area contributed by atoms with E-state index in [1.165, 1.54) is 61.7 Å². The van der Waals surface area contributed by atoms with Gasteiger partial charge in [0.1, 0.15) is 28.7 Å². The van der Waals surface area contributed by atoms with Crippen LogP contribution in [-0.2, 0) is 52.7 Å². The van der Waals surface area contributed by atoms with Crippen LogP contribution in [0.3, 0.4) is 0 Å². The molecule has 4 aromatic rings. The van der Waals surface area contributed by atoms with Gasteiger partial charge < -0.3 is 15.2 Å². The smallest absolute Gasteiger partial charge is 0.283 e. The molecule has 298 valence electrons. The molecule has 0 aromatic heterocycles. The molecule has 0 saturated heterocycles. The number of phenolic OH excluding ortho intramolecular Hbond substituents is 1. The van der Waals surface area contributed by atoms with Gasteiger partial charge in [0, 0.05) is 10.8 Å². The van der Waals surface area contributed by atoms with Gasteiger partial charge in [-0.25, -0.2) is 27.4 Å². The minimum atomic E-state index is -4.55. The van der Waals surface area contributed by atoms with Crippen LogP contribution in [0.2, 0.25) is 0 Å². The Kier molecular flexibility index (Phi) is 15.7. The molecule has 0 bridgehead atoms. The highest BCUT2D eigenvalue weighted by molar-refractivity contribution is 7.94. The van der Waals surface area contributed by atoms with Gasteiger partial charge in [0.15, 0.2) is 37.7 Å². The van der Waals surface area contributed by atoms with Gasteiger partial charge in [-0.15, -0.1) is 24.0 Å². The second kappa shape index (κ2) is 19.7. The van der Waals surface area contributed by atoms with Crippen LogP contribution in [0.4, 0.5) is 28.4 Å². The first-order valence-electron chi connectivity index (χ1n) is 15.1. The van der Waals surface area contributed by atoms with E-state index in [9.17, 15) is 34.9 Å². The minimum Gasteiger partial charge on any atom is -0.505 e. The maximum atomic E-state index is 12.9. The Labute approximate surface area is 322 Å². The number of nitrogens with zero attached hydrogens (tertiary/aromatic N) is 4.